The lowest BCUT2D eigenvalue weighted by Gasteiger charge is -2.25. The van der Waals surface area contributed by atoms with Crippen molar-refractivity contribution in [2.75, 3.05) is 13.2 Å². The van der Waals surface area contributed by atoms with Crippen LogP contribution < -0.4 is 0 Å². The van der Waals surface area contributed by atoms with Crippen molar-refractivity contribution in [1.29, 1.82) is 0 Å². The molecule has 4 nitrogen and oxygen atoms in total. The molecule has 1 aromatic rings. The maximum Gasteiger partial charge on any atom is 0.244 e. The van der Waals surface area contributed by atoms with E-state index in [1.54, 1.807) is 18.2 Å². The van der Waals surface area contributed by atoms with Crippen LogP contribution in [0, 0.1) is 12.8 Å². The normalized spacial score (nSPS) is 24.8. The summed E-state index contributed by atoms with van der Waals surface area (Å²) in [6.45, 7) is 4.22. The summed E-state index contributed by atoms with van der Waals surface area (Å²) in [7, 11) is -3.55. The molecule has 1 aromatic carbocycles. The lowest BCUT2D eigenvalue weighted by Crippen LogP contribution is -2.39. The second-order valence-electron chi connectivity index (χ2n) is 5.07. The second kappa shape index (κ2) is 5.52. The fraction of sp³-hybridized carbons (Fsp3) is 0.538. The van der Waals surface area contributed by atoms with Gasteiger partial charge in [-0.1, -0.05) is 13.0 Å². The molecule has 1 aliphatic heterocycles. The summed E-state index contributed by atoms with van der Waals surface area (Å²) in [5, 5.41) is 9.41. The summed E-state index contributed by atoms with van der Waals surface area (Å²) < 4.78 is 27.3. The highest BCUT2D eigenvalue weighted by atomic mass is 79.9. The fourth-order valence-electron chi connectivity index (χ4n) is 2.48. The number of sulfonamides is 1. The van der Waals surface area contributed by atoms with Gasteiger partial charge in [-0.25, -0.2) is 8.42 Å². The number of benzene rings is 1. The van der Waals surface area contributed by atoms with Gasteiger partial charge in [0.2, 0.25) is 10.0 Å². The molecule has 1 heterocycles. The van der Waals surface area contributed by atoms with Gasteiger partial charge in [0.15, 0.2) is 0 Å². The molecule has 0 amide bonds. The van der Waals surface area contributed by atoms with Gasteiger partial charge in [-0.3, -0.25) is 0 Å². The summed E-state index contributed by atoms with van der Waals surface area (Å²) in [6.07, 6.45) is 0.786. The molecular formula is C13H18BrNO3S. The zero-order chi connectivity index (χ0) is 14.2. The van der Waals surface area contributed by atoms with Crippen LogP contribution in [0.2, 0.25) is 0 Å². The van der Waals surface area contributed by atoms with Gasteiger partial charge in [0.05, 0.1) is 17.5 Å². The first-order valence-electron chi connectivity index (χ1n) is 6.26. The molecule has 19 heavy (non-hydrogen) atoms. The molecule has 2 atom stereocenters. The van der Waals surface area contributed by atoms with E-state index in [0.717, 1.165) is 12.0 Å². The third kappa shape index (κ3) is 2.72. The van der Waals surface area contributed by atoms with Crippen molar-refractivity contribution in [2.24, 2.45) is 5.92 Å². The largest absolute Gasteiger partial charge is 0.395 e. The minimum atomic E-state index is -3.55. The van der Waals surface area contributed by atoms with Crippen molar-refractivity contribution >= 4 is 26.0 Å². The Labute approximate surface area is 122 Å². The Morgan fingerprint density at radius 2 is 2.16 bits per heavy atom. The Morgan fingerprint density at radius 1 is 1.47 bits per heavy atom. The van der Waals surface area contributed by atoms with Crippen molar-refractivity contribution < 1.29 is 13.5 Å². The van der Waals surface area contributed by atoms with E-state index in [1.807, 2.05) is 13.8 Å². The van der Waals surface area contributed by atoms with Gasteiger partial charge in [0.25, 0.3) is 0 Å². The monoisotopic (exact) mass is 347 g/mol. The molecule has 0 spiro atoms. The molecule has 0 bridgehead atoms. The molecule has 1 N–H and O–H groups in total. The Balaban J connectivity index is 2.42. The van der Waals surface area contributed by atoms with E-state index in [0.29, 0.717) is 11.0 Å². The Bertz CT molecular complexity index is 573. The van der Waals surface area contributed by atoms with E-state index in [1.165, 1.54) is 4.31 Å². The molecule has 6 heteroatoms. The van der Waals surface area contributed by atoms with Crippen LogP contribution in [0.3, 0.4) is 0 Å². The molecule has 1 aliphatic rings. The molecular weight excluding hydrogens is 330 g/mol. The molecule has 2 unspecified atom stereocenters. The number of aryl methyl sites for hydroxylation is 1. The number of aliphatic hydroxyl groups is 1. The van der Waals surface area contributed by atoms with Crippen LogP contribution in [-0.2, 0) is 10.0 Å². The van der Waals surface area contributed by atoms with Crippen LogP contribution in [0.1, 0.15) is 18.9 Å². The summed E-state index contributed by atoms with van der Waals surface area (Å²) in [5.74, 6) is 0.184. The predicted molar refractivity (Wildman–Crippen MR) is 77.4 cm³/mol. The number of hydrogen-bond donors (Lipinski definition) is 1. The van der Waals surface area contributed by atoms with Gasteiger partial charge in [0.1, 0.15) is 0 Å². The molecule has 1 saturated heterocycles. The van der Waals surface area contributed by atoms with E-state index in [9.17, 15) is 13.5 Å². The average Bonchev–Trinajstić information content (AvgIpc) is 2.70. The summed E-state index contributed by atoms with van der Waals surface area (Å²) in [5.41, 5.74) is 0.999. The first kappa shape index (κ1) is 15.0. The Kier molecular flexibility index (Phi) is 4.35. The number of halogens is 1. The molecule has 0 aromatic heterocycles. The summed E-state index contributed by atoms with van der Waals surface area (Å²) >= 11 is 3.32. The highest BCUT2D eigenvalue weighted by Crippen LogP contribution is 2.33. The van der Waals surface area contributed by atoms with Crippen molar-refractivity contribution in [1.82, 2.24) is 4.31 Å². The first-order valence-corrected chi connectivity index (χ1v) is 8.50. The molecule has 0 aliphatic carbocycles. The first-order chi connectivity index (χ1) is 8.87. The number of nitrogens with zero attached hydrogens (tertiary/aromatic N) is 1. The van der Waals surface area contributed by atoms with E-state index < -0.39 is 10.0 Å². The Morgan fingerprint density at radius 3 is 2.74 bits per heavy atom. The zero-order valence-electron chi connectivity index (χ0n) is 11.0. The van der Waals surface area contributed by atoms with E-state index in [2.05, 4.69) is 15.9 Å². The third-order valence-corrected chi connectivity index (χ3v) is 6.59. The average molecular weight is 348 g/mol. The van der Waals surface area contributed by atoms with Crippen LogP contribution in [0.5, 0.6) is 0 Å². The lowest BCUT2D eigenvalue weighted by atomic mass is 10.0. The van der Waals surface area contributed by atoms with Crippen molar-refractivity contribution in [3.05, 3.63) is 28.2 Å². The third-order valence-electron chi connectivity index (χ3n) is 3.69. The lowest BCUT2D eigenvalue weighted by molar-refractivity contribution is 0.191. The van der Waals surface area contributed by atoms with Crippen LogP contribution in [0.25, 0.3) is 0 Å². The van der Waals surface area contributed by atoms with E-state index in [4.69, 9.17) is 0 Å². The van der Waals surface area contributed by atoms with E-state index in [-0.39, 0.29) is 23.5 Å². The highest BCUT2D eigenvalue weighted by molar-refractivity contribution is 9.10. The predicted octanol–water partition coefficient (Wildman–Crippen LogP) is 2.15. The molecule has 0 saturated carbocycles. The van der Waals surface area contributed by atoms with Gasteiger partial charge >= 0.3 is 0 Å². The SMILES string of the molecule is Cc1ccc(S(=O)(=O)N2CCC(C)C2CO)c(Br)c1. The van der Waals surface area contributed by atoms with Gasteiger partial charge in [-0.2, -0.15) is 4.31 Å². The highest BCUT2D eigenvalue weighted by Gasteiger charge is 2.39. The van der Waals surface area contributed by atoms with E-state index >= 15 is 0 Å². The molecule has 2 rings (SSSR count). The van der Waals surface area contributed by atoms with Crippen molar-refractivity contribution in [3.8, 4) is 0 Å². The number of rotatable bonds is 3. The maximum absolute atomic E-state index is 12.7. The second-order valence-corrected chi connectivity index (χ2v) is 7.78. The van der Waals surface area contributed by atoms with Gasteiger partial charge in [0, 0.05) is 11.0 Å². The molecule has 0 radical (unpaired) electrons. The van der Waals surface area contributed by atoms with Crippen molar-refractivity contribution in [3.63, 3.8) is 0 Å². The van der Waals surface area contributed by atoms with Crippen LogP contribution in [-0.4, -0.2) is 37.0 Å². The Hall–Kier alpha value is -0.430. The van der Waals surface area contributed by atoms with Crippen LogP contribution >= 0.6 is 15.9 Å². The topological polar surface area (TPSA) is 57.6 Å². The smallest absolute Gasteiger partial charge is 0.244 e. The quantitative estimate of drug-likeness (QED) is 0.911. The van der Waals surface area contributed by atoms with Gasteiger partial charge in [-0.05, 0) is 52.9 Å². The summed E-state index contributed by atoms with van der Waals surface area (Å²) in [6, 6.07) is 4.87. The molecule has 106 valence electrons. The molecule has 1 fully saturated rings. The van der Waals surface area contributed by atoms with Crippen LogP contribution in [0.4, 0.5) is 0 Å². The van der Waals surface area contributed by atoms with Gasteiger partial charge < -0.3 is 5.11 Å². The maximum atomic E-state index is 12.7. The number of hydrogen-bond acceptors (Lipinski definition) is 3. The minimum absolute atomic E-state index is 0.135. The number of aliphatic hydroxyl groups excluding tert-OH is 1. The van der Waals surface area contributed by atoms with Crippen LogP contribution in [0.15, 0.2) is 27.6 Å². The fourth-order valence-corrected chi connectivity index (χ4v) is 5.37. The zero-order valence-corrected chi connectivity index (χ0v) is 13.4. The standard InChI is InChI=1S/C13H18BrNO3S/c1-9-3-4-13(11(14)7-9)19(17,18)15-6-5-10(2)12(15)8-16/h3-4,7,10,12,16H,5-6,8H2,1-2H3. The minimum Gasteiger partial charge on any atom is -0.395 e. The van der Waals surface area contributed by atoms with Gasteiger partial charge in [-0.15, -0.1) is 0 Å². The van der Waals surface area contributed by atoms with Crippen molar-refractivity contribution in [2.45, 2.75) is 31.2 Å². The summed E-state index contributed by atoms with van der Waals surface area (Å²) in [4.78, 5) is 0.269.